The highest BCUT2D eigenvalue weighted by molar-refractivity contribution is 9.10. The highest BCUT2D eigenvalue weighted by Gasteiger charge is 2.23. The molecule has 0 saturated carbocycles. The van der Waals surface area contributed by atoms with Gasteiger partial charge in [0.05, 0.1) is 25.8 Å². The van der Waals surface area contributed by atoms with E-state index in [1.54, 1.807) is 24.3 Å². The van der Waals surface area contributed by atoms with E-state index < -0.39 is 0 Å². The Labute approximate surface area is 177 Å². The first-order valence-corrected chi connectivity index (χ1v) is 10.2. The van der Waals surface area contributed by atoms with Crippen LogP contribution in [0.5, 0.6) is 0 Å². The normalized spacial score (nSPS) is 15.5. The number of hydrogen-bond donors (Lipinski definition) is 2. The average molecular weight is 464 g/mol. The van der Waals surface area contributed by atoms with Gasteiger partial charge in [0.1, 0.15) is 5.82 Å². The molecule has 154 valence electrons. The van der Waals surface area contributed by atoms with Crippen LogP contribution in [0.3, 0.4) is 0 Å². The van der Waals surface area contributed by atoms with Gasteiger partial charge in [-0.25, -0.2) is 4.39 Å². The number of carbonyl (C=O) groups excluding carboxylic acids is 2. The summed E-state index contributed by atoms with van der Waals surface area (Å²) >= 11 is 3.32. The van der Waals surface area contributed by atoms with Gasteiger partial charge in [-0.2, -0.15) is 0 Å². The van der Waals surface area contributed by atoms with Crippen molar-refractivity contribution in [3.05, 3.63) is 69.9 Å². The minimum atomic E-state index is -0.323. The largest absolute Gasteiger partial charge is 0.379 e. The molecule has 1 aliphatic heterocycles. The van der Waals surface area contributed by atoms with Gasteiger partial charge in [0.15, 0.2) is 0 Å². The molecule has 0 spiro atoms. The van der Waals surface area contributed by atoms with Crippen LogP contribution in [0.4, 0.5) is 4.39 Å². The summed E-state index contributed by atoms with van der Waals surface area (Å²) < 4.78 is 19.9. The van der Waals surface area contributed by atoms with Gasteiger partial charge in [0.25, 0.3) is 5.91 Å². The quantitative estimate of drug-likeness (QED) is 0.661. The van der Waals surface area contributed by atoms with Crippen molar-refractivity contribution in [3.63, 3.8) is 0 Å². The van der Waals surface area contributed by atoms with Crippen molar-refractivity contribution >= 4 is 27.7 Å². The van der Waals surface area contributed by atoms with E-state index in [4.69, 9.17) is 4.74 Å². The lowest BCUT2D eigenvalue weighted by molar-refractivity contribution is -0.120. The van der Waals surface area contributed by atoms with E-state index in [0.29, 0.717) is 38.4 Å². The average Bonchev–Trinajstić information content (AvgIpc) is 2.73. The molecule has 8 heteroatoms. The minimum absolute atomic E-state index is 0.135. The summed E-state index contributed by atoms with van der Waals surface area (Å²) in [5.41, 5.74) is 1.27. The molecule has 0 aromatic heterocycles. The molecular formula is C21H23BrFN3O3. The van der Waals surface area contributed by atoms with Gasteiger partial charge in [0.2, 0.25) is 5.91 Å². The van der Waals surface area contributed by atoms with Crippen LogP contribution in [0.1, 0.15) is 22.0 Å². The maximum absolute atomic E-state index is 13.7. The first-order chi connectivity index (χ1) is 14.0. The number of benzene rings is 2. The number of ether oxygens (including phenoxy) is 1. The van der Waals surface area contributed by atoms with E-state index in [-0.39, 0.29) is 30.2 Å². The zero-order valence-electron chi connectivity index (χ0n) is 15.9. The molecule has 1 heterocycles. The highest BCUT2D eigenvalue weighted by Crippen LogP contribution is 2.22. The van der Waals surface area contributed by atoms with E-state index in [9.17, 15) is 14.0 Å². The Morgan fingerprint density at radius 3 is 2.59 bits per heavy atom. The second kappa shape index (κ2) is 10.5. The summed E-state index contributed by atoms with van der Waals surface area (Å²) in [4.78, 5) is 26.6. The predicted octanol–water partition coefficient (Wildman–Crippen LogP) is 2.51. The lowest BCUT2D eigenvalue weighted by Crippen LogP contribution is -2.45. The van der Waals surface area contributed by atoms with Gasteiger partial charge in [-0.3, -0.25) is 14.5 Å². The second-order valence-corrected chi connectivity index (χ2v) is 7.63. The molecule has 1 unspecified atom stereocenters. The van der Waals surface area contributed by atoms with E-state index in [2.05, 4.69) is 31.5 Å². The monoisotopic (exact) mass is 463 g/mol. The van der Waals surface area contributed by atoms with Crippen LogP contribution in [0.2, 0.25) is 0 Å². The fourth-order valence-electron chi connectivity index (χ4n) is 3.23. The third-order valence-electron chi connectivity index (χ3n) is 4.71. The maximum atomic E-state index is 13.7. The van der Waals surface area contributed by atoms with E-state index in [0.717, 1.165) is 10.0 Å². The van der Waals surface area contributed by atoms with Crippen LogP contribution >= 0.6 is 15.9 Å². The summed E-state index contributed by atoms with van der Waals surface area (Å²) in [5.74, 6) is -0.937. The molecule has 0 radical (unpaired) electrons. The highest BCUT2D eigenvalue weighted by atomic mass is 79.9. The Hall–Kier alpha value is -2.29. The SMILES string of the molecule is O=C(CNC(=O)c1cccc(Br)c1)NCC(c1cccc(F)c1)N1CCOCC1. The zero-order chi connectivity index (χ0) is 20.6. The van der Waals surface area contributed by atoms with Crippen LogP contribution in [-0.2, 0) is 9.53 Å². The number of nitrogens with zero attached hydrogens (tertiary/aromatic N) is 1. The Kier molecular flexibility index (Phi) is 7.74. The lowest BCUT2D eigenvalue weighted by Gasteiger charge is -2.35. The smallest absolute Gasteiger partial charge is 0.251 e. The molecule has 2 aromatic rings. The Balaban J connectivity index is 1.57. The molecule has 1 atom stereocenters. The minimum Gasteiger partial charge on any atom is -0.379 e. The van der Waals surface area contributed by atoms with E-state index >= 15 is 0 Å². The zero-order valence-corrected chi connectivity index (χ0v) is 17.5. The Bertz CT molecular complexity index is 859. The van der Waals surface area contributed by atoms with Crippen molar-refractivity contribution in [2.24, 2.45) is 0 Å². The molecular weight excluding hydrogens is 441 g/mol. The molecule has 0 aliphatic carbocycles. The van der Waals surface area contributed by atoms with E-state index in [1.165, 1.54) is 12.1 Å². The van der Waals surface area contributed by atoms with Gasteiger partial charge in [-0.1, -0.05) is 34.1 Å². The van der Waals surface area contributed by atoms with Crippen molar-refractivity contribution < 1.29 is 18.7 Å². The van der Waals surface area contributed by atoms with Crippen LogP contribution < -0.4 is 10.6 Å². The number of hydrogen-bond acceptors (Lipinski definition) is 4. The van der Waals surface area contributed by atoms with Crippen molar-refractivity contribution in [2.75, 3.05) is 39.4 Å². The van der Waals surface area contributed by atoms with Crippen LogP contribution in [0.15, 0.2) is 53.0 Å². The van der Waals surface area contributed by atoms with Crippen molar-refractivity contribution in [1.82, 2.24) is 15.5 Å². The van der Waals surface area contributed by atoms with E-state index in [1.807, 2.05) is 12.1 Å². The predicted molar refractivity (Wildman–Crippen MR) is 111 cm³/mol. The molecule has 1 fully saturated rings. The number of nitrogens with one attached hydrogen (secondary N) is 2. The number of halogens is 2. The number of carbonyl (C=O) groups is 2. The molecule has 0 bridgehead atoms. The second-order valence-electron chi connectivity index (χ2n) is 6.72. The van der Waals surface area contributed by atoms with Crippen LogP contribution in [0, 0.1) is 5.82 Å². The van der Waals surface area contributed by atoms with Crippen LogP contribution in [-0.4, -0.2) is 56.1 Å². The van der Waals surface area contributed by atoms with Gasteiger partial charge >= 0.3 is 0 Å². The summed E-state index contributed by atoms with van der Waals surface area (Å²) in [6, 6.07) is 13.2. The maximum Gasteiger partial charge on any atom is 0.251 e. The van der Waals surface area contributed by atoms with Crippen molar-refractivity contribution in [2.45, 2.75) is 6.04 Å². The summed E-state index contributed by atoms with van der Waals surface area (Å²) in [6.45, 7) is 2.79. The third-order valence-corrected chi connectivity index (χ3v) is 5.20. The molecule has 2 aromatic carbocycles. The van der Waals surface area contributed by atoms with Gasteiger partial charge in [-0.15, -0.1) is 0 Å². The molecule has 29 heavy (non-hydrogen) atoms. The standard InChI is InChI=1S/C21H23BrFN3O3/c22-17-5-1-4-16(11-17)21(28)25-14-20(27)24-13-19(26-7-9-29-10-8-26)15-3-2-6-18(23)12-15/h1-6,11-12,19H,7-10,13-14H2,(H,24,27)(H,25,28). The number of morpholine rings is 1. The molecule has 1 aliphatic rings. The van der Waals surface area contributed by atoms with Crippen molar-refractivity contribution in [1.29, 1.82) is 0 Å². The number of amides is 2. The Morgan fingerprint density at radius 1 is 1.10 bits per heavy atom. The van der Waals surface area contributed by atoms with Gasteiger partial charge < -0.3 is 15.4 Å². The summed E-state index contributed by atoms with van der Waals surface area (Å²) in [6.07, 6.45) is 0. The molecule has 6 nitrogen and oxygen atoms in total. The summed E-state index contributed by atoms with van der Waals surface area (Å²) in [7, 11) is 0. The first kappa shape index (κ1) is 21.4. The van der Waals surface area contributed by atoms with Crippen LogP contribution in [0.25, 0.3) is 0 Å². The lowest BCUT2D eigenvalue weighted by atomic mass is 10.0. The topological polar surface area (TPSA) is 70.7 Å². The Morgan fingerprint density at radius 2 is 1.86 bits per heavy atom. The molecule has 2 N–H and O–H groups in total. The molecule has 1 saturated heterocycles. The van der Waals surface area contributed by atoms with Crippen molar-refractivity contribution in [3.8, 4) is 0 Å². The fourth-order valence-corrected chi connectivity index (χ4v) is 3.63. The summed E-state index contributed by atoms with van der Waals surface area (Å²) in [5, 5.41) is 5.46. The van der Waals surface area contributed by atoms with Gasteiger partial charge in [-0.05, 0) is 35.9 Å². The fraction of sp³-hybridized carbons (Fsp3) is 0.333. The third kappa shape index (κ3) is 6.35. The molecule has 3 rings (SSSR count). The first-order valence-electron chi connectivity index (χ1n) is 9.40. The number of rotatable bonds is 7. The molecule has 2 amide bonds. The van der Waals surface area contributed by atoms with Gasteiger partial charge in [0, 0.05) is 29.7 Å².